The Morgan fingerprint density at radius 3 is 2.35 bits per heavy atom. The van der Waals surface area contributed by atoms with Crippen LogP contribution >= 0.6 is 23.4 Å². The highest BCUT2D eigenvalue weighted by molar-refractivity contribution is 7.98. The number of anilines is 2. The molecule has 2 rings (SSSR count). The summed E-state index contributed by atoms with van der Waals surface area (Å²) in [6.07, 6.45) is 1.94. The van der Waals surface area contributed by atoms with Crippen molar-refractivity contribution in [2.24, 2.45) is 0 Å². The molecule has 23 heavy (non-hydrogen) atoms. The summed E-state index contributed by atoms with van der Waals surface area (Å²) < 4.78 is 0. The van der Waals surface area contributed by atoms with Crippen molar-refractivity contribution in [3.63, 3.8) is 0 Å². The zero-order valence-corrected chi connectivity index (χ0v) is 14.6. The van der Waals surface area contributed by atoms with Crippen molar-refractivity contribution in [2.45, 2.75) is 18.7 Å². The van der Waals surface area contributed by atoms with E-state index in [1.165, 1.54) is 6.92 Å². The lowest BCUT2D eigenvalue weighted by atomic mass is 10.1. The molecule has 0 spiro atoms. The van der Waals surface area contributed by atoms with Crippen molar-refractivity contribution >= 4 is 46.6 Å². The topological polar surface area (TPSA) is 58.2 Å². The molecule has 0 aliphatic heterocycles. The van der Waals surface area contributed by atoms with Gasteiger partial charge in [-0.25, -0.2) is 0 Å². The number of thioether (sulfide) groups is 1. The maximum Gasteiger partial charge on any atom is 0.257 e. The molecule has 0 saturated carbocycles. The maximum absolute atomic E-state index is 12.5. The van der Waals surface area contributed by atoms with Crippen LogP contribution in [0.1, 0.15) is 22.8 Å². The van der Waals surface area contributed by atoms with Gasteiger partial charge in [0, 0.05) is 23.2 Å². The highest BCUT2D eigenvalue weighted by atomic mass is 35.5. The van der Waals surface area contributed by atoms with Gasteiger partial charge >= 0.3 is 0 Å². The summed E-state index contributed by atoms with van der Waals surface area (Å²) in [6.45, 7) is 3.28. The van der Waals surface area contributed by atoms with Gasteiger partial charge in [0.15, 0.2) is 0 Å². The molecule has 120 valence electrons. The van der Waals surface area contributed by atoms with E-state index in [0.29, 0.717) is 22.0 Å². The second kappa shape index (κ2) is 7.53. The van der Waals surface area contributed by atoms with Crippen molar-refractivity contribution in [2.75, 3.05) is 16.9 Å². The lowest BCUT2D eigenvalue weighted by Crippen LogP contribution is -2.15. The molecular weight excluding hydrogens is 332 g/mol. The Bertz CT molecular complexity index is 762. The Hall–Kier alpha value is -1.98. The molecule has 0 saturated heterocycles. The van der Waals surface area contributed by atoms with E-state index in [-0.39, 0.29) is 11.8 Å². The number of carbonyl (C=O) groups excluding carboxylic acids is 2. The van der Waals surface area contributed by atoms with E-state index < -0.39 is 0 Å². The molecule has 2 N–H and O–H groups in total. The number of nitrogens with one attached hydrogen (secondary N) is 2. The summed E-state index contributed by atoms with van der Waals surface area (Å²) in [5.74, 6) is -0.443. The number of benzene rings is 2. The largest absolute Gasteiger partial charge is 0.326 e. The van der Waals surface area contributed by atoms with Gasteiger partial charge in [-0.2, -0.15) is 0 Å². The number of hydrogen-bond donors (Lipinski definition) is 2. The van der Waals surface area contributed by atoms with Crippen molar-refractivity contribution in [1.29, 1.82) is 0 Å². The van der Waals surface area contributed by atoms with Gasteiger partial charge in [-0.3, -0.25) is 9.59 Å². The van der Waals surface area contributed by atoms with E-state index in [1.54, 1.807) is 42.1 Å². The minimum Gasteiger partial charge on any atom is -0.326 e. The summed E-state index contributed by atoms with van der Waals surface area (Å²) in [7, 11) is 0. The molecule has 4 nitrogen and oxygen atoms in total. The smallest absolute Gasteiger partial charge is 0.257 e. The third kappa shape index (κ3) is 4.27. The van der Waals surface area contributed by atoms with Gasteiger partial charge in [0.1, 0.15) is 0 Å². The average Bonchev–Trinajstić information content (AvgIpc) is 2.51. The molecule has 0 aliphatic rings. The summed E-state index contributed by atoms with van der Waals surface area (Å²) in [5.41, 5.74) is 2.50. The number of rotatable bonds is 4. The molecule has 0 bridgehead atoms. The number of hydrogen-bond acceptors (Lipinski definition) is 3. The van der Waals surface area contributed by atoms with Crippen LogP contribution in [0.25, 0.3) is 0 Å². The molecule has 2 amide bonds. The lowest BCUT2D eigenvalue weighted by molar-refractivity contribution is -0.114. The molecule has 0 heterocycles. The monoisotopic (exact) mass is 348 g/mol. The van der Waals surface area contributed by atoms with E-state index in [4.69, 9.17) is 11.6 Å². The molecule has 0 unspecified atom stereocenters. The Labute approximate surface area is 144 Å². The summed E-state index contributed by atoms with van der Waals surface area (Å²) in [6, 6.07) is 10.7. The predicted molar refractivity (Wildman–Crippen MR) is 96.7 cm³/mol. The van der Waals surface area contributed by atoms with Crippen molar-refractivity contribution in [3.8, 4) is 0 Å². The Kier molecular flexibility index (Phi) is 5.69. The van der Waals surface area contributed by atoms with Gasteiger partial charge in [0.05, 0.1) is 10.6 Å². The van der Waals surface area contributed by atoms with Crippen LogP contribution in [0.2, 0.25) is 5.02 Å². The average molecular weight is 349 g/mol. The number of carbonyl (C=O) groups is 2. The van der Waals surface area contributed by atoms with Crippen LogP contribution in [0, 0.1) is 6.92 Å². The highest BCUT2D eigenvalue weighted by Gasteiger charge is 2.14. The number of amides is 2. The molecule has 6 heteroatoms. The highest BCUT2D eigenvalue weighted by Crippen LogP contribution is 2.27. The van der Waals surface area contributed by atoms with E-state index in [1.807, 2.05) is 19.2 Å². The van der Waals surface area contributed by atoms with E-state index >= 15 is 0 Å². The van der Waals surface area contributed by atoms with E-state index in [0.717, 1.165) is 10.5 Å². The van der Waals surface area contributed by atoms with Gasteiger partial charge in [-0.15, -0.1) is 11.8 Å². The first-order valence-corrected chi connectivity index (χ1v) is 8.54. The van der Waals surface area contributed by atoms with Crippen LogP contribution < -0.4 is 10.6 Å². The van der Waals surface area contributed by atoms with Crippen LogP contribution in [-0.4, -0.2) is 18.1 Å². The Morgan fingerprint density at radius 2 is 1.74 bits per heavy atom. The minimum atomic E-state index is -0.283. The first kappa shape index (κ1) is 17.4. The fraction of sp³-hybridized carbons (Fsp3) is 0.176. The Morgan fingerprint density at radius 1 is 1.09 bits per heavy atom. The van der Waals surface area contributed by atoms with E-state index in [9.17, 15) is 9.59 Å². The first-order chi connectivity index (χ1) is 10.9. The molecule has 0 aliphatic carbocycles. The standard InChI is InChI=1S/C17H17ClN2O2S/c1-10-15(19-11(2)21)5-4-6-16(10)20-17(22)13-9-12(23-3)7-8-14(13)18/h4-9H,1-3H3,(H,19,21)(H,20,22). The maximum atomic E-state index is 12.5. The first-order valence-electron chi connectivity index (χ1n) is 6.94. The Balaban J connectivity index is 2.29. The predicted octanol–water partition coefficient (Wildman–Crippen LogP) is 4.58. The quantitative estimate of drug-likeness (QED) is 0.795. The minimum absolute atomic E-state index is 0.160. The van der Waals surface area contributed by atoms with Gasteiger partial charge < -0.3 is 10.6 Å². The normalized spacial score (nSPS) is 10.3. The zero-order valence-electron chi connectivity index (χ0n) is 13.1. The zero-order chi connectivity index (χ0) is 17.0. The van der Waals surface area contributed by atoms with Crippen LogP contribution in [0.3, 0.4) is 0 Å². The summed E-state index contributed by atoms with van der Waals surface area (Å²) in [5, 5.41) is 5.98. The molecule has 2 aromatic rings. The van der Waals surface area contributed by atoms with Crippen LogP contribution in [0.4, 0.5) is 11.4 Å². The third-order valence-corrected chi connectivity index (χ3v) is 4.37. The second-order valence-electron chi connectivity index (χ2n) is 4.96. The third-order valence-electron chi connectivity index (χ3n) is 3.31. The second-order valence-corrected chi connectivity index (χ2v) is 6.25. The summed E-state index contributed by atoms with van der Waals surface area (Å²) in [4.78, 5) is 24.7. The molecule has 0 aromatic heterocycles. The molecule has 0 atom stereocenters. The lowest BCUT2D eigenvalue weighted by Gasteiger charge is -2.13. The fourth-order valence-electron chi connectivity index (χ4n) is 2.09. The number of halogens is 1. The SMILES string of the molecule is CSc1ccc(Cl)c(C(=O)Nc2cccc(NC(C)=O)c2C)c1. The molecular formula is C17H17ClN2O2S. The van der Waals surface area contributed by atoms with Crippen LogP contribution in [0.15, 0.2) is 41.3 Å². The fourth-order valence-corrected chi connectivity index (χ4v) is 2.73. The van der Waals surface area contributed by atoms with Gasteiger partial charge in [0.25, 0.3) is 5.91 Å². The van der Waals surface area contributed by atoms with Crippen molar-refractivity contribution in [1.82, 2.24) is 0 Å². The van der Waals surface area contributed by atoms with Gasteiger partial charge in [0.2, 0.25) is 5.91 Å². The molecule has 0 fully saturated rings. The van der Waals surface area contributed by atoms with E-state index in [2.05, 4.69) is 10.6 Å². The van der Waals surface area contributed by atoms with Crippen molar-refractivity contribution in [3.05, 3.63) is 52.5 Å². The van der Waals surface area contributed by atoms with Crippen LogP contribution in [0.5, 0.6) is 0 Å². The van der Waals surface area contributed by atoms with Gasteiger partial charge in [-0.1, -0.05) is 17.7 Å². The van der Waals surface area contributed by atoms with Crippen molar-refractivity contribution < 1.29 is 9.59 Å². The van der Waals surface area contributed by atoms with Gasteiger partial charge in [-0.05, 0) is 49.1 Å². The van der Waals surface area contributed by atoms with Crippen LogP contribution in [-0.2, 0) is 4.79 Å². The molecule has 2 aromatic carbocycles. The molecule has 0 radical (unpaired) electrons. The summed E-state index contributed by atoms with van der Waals surface area (Å²) >= 11 is 7.67.